The zero-order valence-corrected chi connectivity index (χ0v) is 9.60. The Morgan fingerprint density at radius 3 is 2.60 bits per heavy atom. The average molecular weight is 274 g/mol. The maximum atomic E-state index is 13.4. The standard InChI is InChI=1S/C10H9BrFNO2/c1-13-10(15)7-3-2-6(4-8(7)12)9(14)5-11/h2-4H,5H2,1H3,(H,13,15). The Hall–Kier alpha value is -1.23. The predicted molar refractivity (Wildman–Crippen MR) is 57.9 cm³/mol. The minimum Gasteiger partial charge on any atom is -0.355 e. The summed E-state index contributed by atoms with van der Waals surface area (Å²) in [6, 6.07) is 3.79. The van der Waals surface area contributed by atoms with E-state index in [0.29, 0.717) is 0 Å². The number of Topliss-reactive ketones (excluding diaryl/α,β-unsaturated/α-hetero) is 1. The lowest BCUT2D eigenvalue weighted by molar-refractivity contribution is 0.0956. The van der Waals surface area contributed by atoms with Gasteiger partial charge < -0.3 is 5.32 Å². The van der Waals surface area contributed by atoms with Crippen molar-refractivity contribution in [3.8, 4) is 0 Å². The number of hydrogen-bond acceptors (Lipinski definition) is 2. The van der Waals surface area contributed by atoms with Gasteiger partial charge in [-0.05, 0) is 12.1 Å². The fourth-order valence-corrected chi connectivity index (χ4v) is 1.41. The van der Waals surface area contributed by atoms with Crippen LogP contribution in [0.5, 0.6) is 0 Å². The molecule has 0 aromatic heterocycles. The molecule has 80 valence electrons. The van der Waals surface area contributed by atoms with Gasteiger partial charge in [-0.15, -0.1) is 0 Å². The number of carbonyl (C=O) groups excluding carboxylic acids is 2. The van der Waals surface area contributed by atoms with Gasteiger partial charge in [0.1, 0.15) is 5.82 Å². The molecule has 0 unspecified atom stereocenters. The van der Waals surface area contributed by atoms with E-state index in [1.165, 1.54) is 19.2 Å². The summed E-state index contributed by atoms with van der Waals surface area (Å²) in [4.78, 5) is 22.3. The topological polar surface area (TPSA) is 46.2 Å². The molecule has 0 aliphatic carbocycles. The zero-order chi connectivity index (χ0) is 11.4. The van der Waals surface area contributed by atoms with E-state index < -0.39 is 11.7 Å². The first-order valence-electron chi connectivity index (χ1n) is 4.21. The molecule has 0 saturated heterocycles. The first-order valence-corrected chi connectivity index (χ1v) is 5.33. The van der Waals surface area contributed by atoms with Crippen molar-refractivity contribution in [2.24, 2.45) is 0 Å². The third kappa shape index (κ3) is 2.62. The number of benzene rings is 1. The summed E-state index contributed by atoms with van der Waals surface area (Å²) in [6.45, 7) is 0. The van der Waals surface area contributed by atoms with Gasteiger partial charge in [0.05, 0.1) is 10.9 Å². The van der Waals surface area contributed by atoms with Crippen LogP contribution in [0.3, 0.4) is 0 Å². The smallest absolute Gasteiger partial charge is 0.253 e. The number of nitrogens with one attached hydrogen (secondary N) is 1. The number of alkyl halides is 1. The van der Waals surface area contributed by atoms with Crippen LogP contribution in [0.25, 0.3) is 0 Å². The molecule has 1 amide bonds. The number of carbonyl (C=O) groups is 2. The molecular weight excluding hydrogens is 265 g/mol. The van der Waals surface area contributed by atoms with Crippen molar-refractivity contribution in [3.63, 3.8) is 0 Å². The highest BCUT2D eigenvalue weighted by Crippen LogP contribution is 2.11. The monoisotopic (exact) mass is 273 g/mol. The van der Waals surface area contributed by atoms with Gasteiger partial charge in [0.15, 0.2) is 5.78 Å². The van der Waals surface area contributed by atoms with Crippen LogP contribution in [-0.2, 0) is 0 Å². The maximum Gasteiger partial charge on any atom is 0.253 e. The van der Waals surface area contributed by atoms with Crippen molar-refractivity contribution >= 4 is 27.6 Å². The molecule has 3 nitrogen and oxygen atoms in total. The highest BCUT2D eigenvalue weighted by atomic mass is 79.9. The summed E-state index contributed by atoms with van der Waals surface area (Å²) in [5, 5.41) is 2.44. The van der Waals surface area contributed by atoms with Crippen molar-refractivity contribution in [3.05, 3.63) is 35.1 Å². The maximum absolute atomic E-state index is 13.4. The molecule has 0 fully saturated rings. The molecule has 0 heterocycles. The van der Waals surface area contributed by atoms with Crippen LogP contribution >= 0.6 is 15.9 Å². The van der Waals surface area contributed by atoms with Crippen LogP contribution in [-0.4, -0.2) is 24.1 Å². The largest absolute Gasteiger partial charge is 0.355 e. The van der Waals surface area contributed by atoms with Gasteiger partial charge in [0.25, 0.3) is 5.91 Å². The summed E-state index contributed by atoms with van der Waals surface area (Å²) >= 11 is 2.99. The Kier molecular flexibility index (Phi) is 3.96. The van der Waals surface area contributed by atoms with Crippen LogP contribution in [0.4, 0.5) is 4.39 Å². The lowest BCUT2D eigenvalue weighted by Crippen LogP contribution is -2.19. The van der Waals surface area contributed by atoms with Crippen molar-refractivity contribution in [2.75, 3.05) is 12.4 Å². The number of rotatable bonds is 3. The van der Waals surface area contributed by atoms with Crippen LogP contribution in [0.2, 0.25) is 0 Å². The van der Waals surface area contributed by atoms with Gasteiger partial charge in [-0.2, -0.15) is 0 Å². The van der Waals surface area contributed by atoms with E-state index in [4.69, 9.17) is 0 Å². The molecule has 0 spiro atoms. The van der Waals surface area contributed by atoms with Crippen LogP contribution < -0.4 is 5.32 Å². The highest BCUT2D eigenvalue weighted by molar-refractivity contribution is 9.09. The molecule has 1 aromatic rings. The Bertz CT molecular complexity index is 406. The van der Waals surface area contributed by atoms with Crippen molar-refractivity contribution in [1.82, 2.24) is 5.32 Å². The van der Waals surface area contributed by atoms with Crippen LogP contribution in [0.1, 0.15) is 20.7 Å². The van der Waals surface area contributed by atoms with E-state index in [0.717, 1.165) is 6.07 Å². The van der Waals surface area contributed by atoms with Gasteiger partial charge in [0, 0.05) is 12.6 Å². The molecule has 0 aliphatic heterocycles. The third-order valence-corrected chi connectivity index (χ3v) is 2.39. The van der Waals surface area contributed by atoms with Gasteiger partial charge in [-0.25, -0.2) is 4.39 Å². The Balaban J connectivity index is 3.08. The number of ketones is 1. The molecule has 15 heavy (non-hydrogen) atoms. The summed E-state index contributed by atoms with van der Waals surface area (Å²) in [6.07, 6.45) is 0. The Morgan fingerprint density at radius 2 is 2.13 bits per heavy atom. The van der Waals surface area contributed by atoms with E-state index in [-0.39, 0.29) is 22.2 Å². The minimum atomic E-state index is -0.693. The zero-order valence-electron chi connectivity index (χ0n) is 8.01. The van der Waals surface area contributed by atoms with Crippen LogP contribution in [0, 0.1) is 5.82 Å². The van der Waals surface area contributed by atoms with Crippen molar-refractivity contribution in [2.45, 2.75) is 0 Å². The van der Waals surface area contributed by atoms with Gasteiger partial charge in [-0.1, -0.05) is 22.0 Å². The van der Waals surface area contributed by atoms with Gasteiger partial charge in [-0.3, -0.25) is 9.59 Å². The molecule has 5 heteroatoms. The summed E-state index contributed by atoms with van der Waals surface area (Å²) in [5.74, 6) is -1.43. The molecule has 0 aliphatic rings. The minimum absolute atomic E-state index is 0.0661. The highest BCUT2D eigenvalue weighted by Gasteiger charge is 2.12. The van der Waals surface area contributed by atoms with E-state index in [1.807, 2.05) is 0 Å². The first-order chi connectivity index (χ1) is 7.10. The molecular formula is C10H9BrFNO2. The molecule has 0 atom stereocenters. The van der Waals surface area contributed by atoms with Crippen LogP contribution in [0.15, 0.2) is 18.2 Å². The first kappa shape index (κ1) is 11.8. The Morgan fingerprint density at radius 1 is 1.47 bits per heavy atom. The van der Waals surface area contributed by atoms with E-state index in [9.17, 15) is 14.0 Å². The lowest BCUT2D eigenvalue weighted by atomic mass is 10.1. The Labute approximate surface area is 94.8 Å². The molecule has 1 N–H and O–H groups in total. The number of amides is 1. The number of halogens is 2. The van der Waals surface area contributed by atoms with E-state index in [1.54, 1.807) is 0 Å². The molecule has 0 radical (unpaired) electrons. The predicted octanol–water partition coefficient (Wildman–Crippen LogP) is 1.76. The third-order valence-electron chi connectivity index (χ3n) is 1.88. The fraction of sp³-hybridized carbons (Fsp3) is 0.200. The molecule has 0 saturated carbocycles. The second kappa shape index (κ2) is 5.02. The summed E-state index contributed by atoms with van der Waals surface area (Å²) < 4.78 is 13.4. The van der Waals surface area contributed by atoms with E-state index >= 15 is 0 Å². The second-order valence-electron chi connectivity index (χ2n) is 2.83. The molecule has 1 rings (SSSR count). The van der Waals surface area contributed by atoms with Gasteiger partial charge in [0.2, 0.25) is 0 Å². The van der Waals surface area contributed by atoms with Gasteiger partial charge >= 0.3 is 0 Å². The average Bonchev–Trinajstić information content (AvgIpc) is 2.26. The summed E-state index contributed by atoms with van der Waals surface area (Å²) in [7, 11) is 1.42. The number of hydrogen-bond donors (Lipinski definition) is 1. The lowest BCUT2D eigenvalue weighted by Gasteiger charge is -2.03. The fourth-order valence-electron chi connectivity index (χ4n) is 1.08. The second-order valence-corrected chi connectivity index (χ2v) is 3.39. The SMILES string of the molecule is CNC(=O)c1ccc(C(=O)CBr)cc1F. The normalized spacial score (nSPS) is 9.80. The quantitative estimate of drug-likeness (QED) is 0.674. The molecule has 1 aromatic carbocycles. The molecule has 0 bridgehead atoms. The van der Waals surface area contributed by atoms with Crippen molar-refractivity contribution < 1.29 is 14.0 Å². The van der Waals surface area contributed by atoms with E-state index in [2.05, 4.69) is 21.2 Å². The van der Waals surface area contributed by atoms with Crippen molar-refractivity contribution in [1.29, 1.82) is 0 Å². The summed E-state index contributed by atoms with van der Waals surface area (Å²) in [5.41, 5.74) is 0.181.